The van der Waals surface area contributed by atoms with Crippen molar-refractivity contribution >= 4 is 59.4 Å². The summed E-state index contributed by atoms with van der Waals surface area (Å²) < 4.78 is 46.0. The third-order valence-electron chi connectivity index (χ3n) is 3.65. The first-order valence-electron chi connectivity index (χ1n) is 8.42. The Kier molecular flexibility index (Phi) is 8.21. The minimum Gasteiger partial charge on any atom is -0.487 e. The molecular formula is C18H17Br2FN2O6S. The second-order valence-electron chi connectivity index (χ2n) is 5.99. The van der Waals surface area contributed by atoms with Crippen LogP contribution in [-0.4, -0.2) is 37.7 Å². The van der Waals surface area contributed by atoms with Crippen LogP contribution >= 0.6 is 31.9 Å². The summed E-state index contributed by atoms with van der Waals surface area (Å²) >= 11 is 6.56. The van der Waals surface area contributed by atoms with Crippen LogP contribution in [0.1, 0.15) is 22.8 Å². The number of carbonyl (C=O) groups excluding carboxylic acids is 1. The molecule has 12 heteroatoms. The first-order chi connectivity index (χ1) is 14.0. The van der Waals surface area contributed by atoms with Gasteiger partial charge >= 0.3 is 5.97 Å². The molecule has 162 valence electrons. The van der Waals surface area contributed by atoms with E-state index in [0.29, 0.717) is 20.3 Å². The van der Waals surface area contributed by atoms with Gasteiger partial charge in [0.2, 0.25) is 10.0 Å². The molecule has 0 radical (unpaired) electrons. The molecule has 0 aliphatic rings. The Morgan fingerprint density at radius 2 is 1.77 bits per heavy atom. The van der Waals surface area contributed by atoms with Crippen molar-refractivity contribution in [2.75, 3.05) is 17.0 Å². The van der Waals surface area contributed by atoms with Crippen molar-refractivity contribution < 1.29 is 32.2 Å². The molecule has 0 heterocycles. The monoisotopic (exact) mass is 566 g/mol. The van der Waals surface area contributed by atoms with E-state index >= 15 is 0 Å². The van der Waals surface area contributed by atoms with Crippen molar-refractivity contribution in [3.8, 4) is 5.75 Å². The van der Waals surface area contributed by atoms with E-state index in [-0.39, 0.29) is 23.6 Å². The lowest BCUT2D eigenvalue weighted by Gasteiger charge is -2.13. The van der Waals surface area contributed by atoms with Crippen LogP contribution in [0, 0.1) is 5.82 Å². The smallest absolute Gasteiger partial charge is 0.322 e. The van der Waals surface area contributed by atoms with Gasteiger partial charge in [-0.2, -0.15) is 0 Å². The number of benzene rings is 2. The van der Waals surface area contributed by atoms with Crippen LogP contribution in [0.2, 0.25) is 0 Å². The third-order valence-corrected chi connectivity index (χ3v) is 6.14. The molecule has 0 bridgehead atoms. The molecule has 0 atom stereocenters. The zero-order valence-corrected chi connectivity index (χ0v) is 19.5. The standard InChI is InChI=1S/C18H17Br2FN2O6S/c1-2-30(27,28)23-13-4-10(3-12(21)7-13)9-29-17-14(19)5-11(6-15(17)20)18(26)22-8-16(24)25/h3-7,23H,2,8-9H2,1H3,(H,22,26)(H,24,25). The van der Waals surface area contributed by atoms with Gasteiger partial charge in [0.05, 0.1) is 20.4 Å². The van der Waals surface area contributed by atoms with Crippen LogP contribution in [-0.2, 0) is 21.4 Å². The number of carboxylic acid groups (broad SMARTS) is 1. The summed E-state index contributed by atoms with van der Waals surface area (Å²) in [4.78, 5) is 22.6. The van der Waals surface area contributed by atoms with E-state index in [1.807, 2.05) is 0 Å². The zero-order valence-electron chi connectivity index (χ0n) is 15.5. The Bertz CT molecular complexity index is 1060. The SMILES string of the molecule is CCS(=O)(=O)Nc1cc(F)cc(COc2c(Br)cc(C(=O)NCC(=O)O)cc2Br)c1. The molecule has 8 nitrogen and oxygen atoms in total. The number of sulfonamides is 1. The number of ether oxygens (including phenoxy) is 1. The fourth-order valence-electron chi connectivity index (χ4n) is 2.29. The van der Waals surface area contributed by atoms with Crippen molar-refractivity contribution in [1.82, 2.24) is 5.32 Å². The number of aliphatic carboxylic acids is 1. The number of carbonyl (C=O) groups is 2. The van der Waals surface area contributed by atoms with Gasteiger partial charge in [-0.25, -0.2) is 12.8 Å². The molecule has 1 amide bonds. The largest absolute Gasteiger partial charge is 0.487 e. The van der Waals surface area contributed by atoms with Crippen molar-refractivity contribution in [2.45, 2.75) is 13.5 Å². The van der Waals surface area contributed by atoms with Crippen molar-refractivity contribution in [3.63, 3.8) is 0 Å². The van der Waals surface area contributed by atoms with E-state index in [9.17, 15) is 22.4 Å². The Morgan fingerprint density at radius 3 is 2.33 bits per heavy atom. The summed E-state index contributed by atoms with van der Waals surface area (Å²) in [5.74, 6) is -2.21. The molecule has 0 spiro atoms. The first kappa shape index (κ1) is 24.1. The Hall–Kier alpha value is -2.18. The number of nitrogens with one attached hydrogen (secondary N) is 2. The van der Waals surface area contributed by atoms with Crippen LogP contribution in [0.15, 0.2) is 39.3 Å². The molecule has 2 rings (SSSR count). The number of rotatable bonds is 9. The maximum Gasteiger partial charge on any atom is 0.322 e. The molecule has 2 aromatic rings. The van der Waals surface area contributed by atoms with Crippen LogP contribution in [0.4, 0.5) is 10.1 Å². The summed E-state index contributed by atoms with van der Waals surface area (Å²) in [5, 5.41) is 10.9. The molecular weight excluding hydrogens is 551 g/mol. The van der Waals surface area contributed by atoms with Gasteiger partial charge in [0.15, 0.2) is 0 Å². The topological polar surface area (TPSA) is 122 Å². The second-order valence-corrected chi connectivity index (χ2v) is 9.71. The summed E-state index contributed by atoms with van der Waals surface area (Å²) in [6.45, 7) is 0.864. The predicted octanol–water partition coefficient (Wildman–Crippen LogP) is 3.51. The Labute approximate surface area is 189 Å². The number of hydrogen-bond donors (Lipinski definition) is 3. The fraction of sp³-hybridized carbons (Fsp3) is 0.222. The molecule has 0 aliphatic carbocycles. The van der Waals surface area contributed by atoms with Crippen LogP contribution in [0.3, 0.4) is 0 Å². The highest BCUT2D eigenvalue weighted by atomic mass is 79.9. The van der Waals surface area contributed by atoms with E-state index in [0.717, 1.165) is 6.07 Å². The van der Waals surface area contributed by atoms with Gasteiger partial charge in [-0.05, 0) is 74.7 Å². The van der Waals surface area contributed by atoms with E-state index in [1.54, 1.807) is 0 Å². The van der Waals surface area contributed by atoms with Crippen LogP contribution < -0.4 is 14.8 Å². The Balaban J connectivity index is 2.17. The van der Waals surface area contributed by atoms with Crippen molar-refractivity contribution in [3.05, 3.63) is 56.2 Å². The van der Waals surface area contributed by atoms with Crippen LogP contribution in [0.5, 0.6) is 5.75 Å². The minimum absolute atomic E-state index is 0.0824. The first-order valence-corrected chi connectivity index (χ1v) is 11.7. The van der Waals surface area contributed by atoms with Gasteiger partial charge < -0.3 is 15.2 Å². The highest BCUT2D eigenvalue weighted by molar-refractivity contribution is 9.11. The zero-order chi connectivity index (χ0) is 22.5. The van der Waals surface area contributed by atoms with Crippen molar-refractivity contribution in [2.24, 2.45) is 0 Å². The van der Waals surface area contributed by atoms with Crippen LogP contribution in [0.25, 0.3) is 0 Å². The lowest BCUT2D eigenvalue weighted by atomic mass is 10.2. The third kappa shape index (κ3) is 6.96. The predicted molar refractivity (Wildman–Crippen MR) is 116 cm³/mol. The number of amides is 1. The number of carboxylic acids is 1. The molecule has 0 saturated carbocycles. The number of hydrogen-bond acceptors (Lipinski definition) is 5. The van der Waals surface area contributed by atoms with Gasteiger partial charge in [0.25, 0.3) is 5.91 Å². The fourth-order valence-corrected chi connectivity index (χ4v) is 4.32. The number of halogens is 3. The van der Waals surface area contributed by atoms with Gasteiger partial charge in [0.1, 0.15) is 24.7 Å². The molecule has 3 N–H and O–H groups in total. The lowest BCUT2D eigenvalue weighted by molar-refractivity contribution is -0.135. The molecule has 0 saturated heterocycles. The molecule has 0 aromatic heterocycles. The molecule has 0 fully saturated rings. The quantitative estimate of drug-likeness (QED) is 0.426. The van der Waals surface area contributed by atoms with E-state index in [1.165, 1.54) is 31.2 Å². The molecule has 2 aromatic carbocycles. The highest BCUT2D eigenvalue weighted by Crippen LogP contribution is 2.35. The average Bonchev–Trinajstić information content (AvgIpc) is 2.64. The lowest BCUT2D eigenvalue weighted by Crippen LogP contribution is -2.29. The van der Waals surface area contributed by atoms with E-state index in [2.05, 4.69) is 41.9 Å². The maximum absolute atomic E-state index is 13.9. The maximum atomic E-state index is 13.9. The van der Waals surface area contributed by atoms with Crippen molar-refractivity contribution in [1.29, 1.82) is 0 Å². The summed E-state index contributed by atoms with van der Waals surface area (Å²) in [6, 6.07) is 6.62. The Morgan fingerprint density at radius 1 is 1.13 bits per heavy atom. The molecule has 0 aliphatic heterocycles. The van der Waals surface area contributed by atoms with Gasteiger partial charge in [0, 0.05) is 5.56 Å². The normalized spacial score (nSPS) is 11.1. The molecule has 30 heavy (non-hydrogen) atoms. The van der Waals surface area contributed by atoms with Gasteiger partial charge in [-0.3, -0.25) is 14.3 Å². The summed E-state index contributed by atoms with van der Waals surface area (Å²) in [7, 11) is -3.56. The molecule has 0 unspecified atom stereocenters. The van der Waals surface area contributed by atoms with Gasteiger partial charge in [-0.1, -0.05) is 0 Å². The second kappa shape index (κ2) is 10.2. The van der Waals surface area contributed by atoms with E-state index < -0.39 is 34.3 Å². The van der Waals surface area contributed by atoms with Gasteiger partial charge in [-0.15, -0.1) is 0 Å². The number of anilines is 1. The summed E-state index contributed by atoms with van der Waals surface area (Å²) in [6.07, 6.45) is 0. The van der Waals surface area contributed by atoms with E-state index in [4.69, 9.17) is 9.84 Å². The summed E-state index contributed by atoms with van der Waals surface area (Å²) in [5.41, 5.74) is 0.661. The highest BCUT2D eigenvalue weighted by Gasteiger charge is 2.15. The average molecular weight is 568 g/mol. The minimum atomic E-state index is -3.56.